The number of aliphatic carboxylic acids is 1. The van der Waals surface area contributed by atoms with E-state index in [1.165, 1.54) is 0 Å². The third-order valence-corrected chi connectivity index (χ3v) is 5.70. The summed E-state index contributed by atoms with van der Waals surface area (Å²) in [4.78, 5) is 26.2. The van der Waals surface area contributed by atoms with Crippen LogP contribution in [0, 0.1) is 11.3 Å². The molecule has 2 heterocycles. The molecule has 1 aromatic rings. The number of hydrogen-bond donors (Lipinski definition) is 1. The fourth-order valence-corrected chi connectivity index (χ4v) is 4.31. The molecule has 130 valence electrons. The highest BCUT2D eigenvalue weighted by atomic mass is 32.2. The summed E-state index contributed by atoms with van der Waals surface area (Å²) in [7, 11) is -0.978. The van der Waals surface area contributed by atoms with Gasteiger partial charge in [-0.05, 0) is 24.1 Å². The van der Waals surface area contributed by atoms with E-state index in [4.69, 9.17) is 4.74 Å². The molecule has 2 aliphatic heterocycles. The van der Waals surface area contributed by atoms with E-state index in [9.17, 15) is 18.9 Å². The highest BCUT2D eigenvalue weighted by Gasteiger charge is 2.54. The highest BCUT2D eigenvalue weighted by molar-refractivity contribution is 7.83. The Balaban J connectivity index is 1.81. The quantitative estimate of drug-likeness (QED) is 0.879. The summed E-state index contributed by atoms with van der Waals surface area (Å²) in [6.07, 6.45) is 2.06. The second-order valence-corrected chi connectivity index (χ2v) is 8.02. The largest absolute Gasteiger partial charge is 0.481 e. The molecule has 6 nitrogen and oxygen atoms in total. The minimum Gasteiger partial charge on any atom is -0.481 e. The van der Waals surface area contributed by atoms with Gasteiger partial charge in [0, 0.05) is 54.0 Å². The third kappa shape index (κ3) is 3.10. The summed E-state index contributed by atoms with van der Waals surface area (Å²) in [6, 6.07) is 7.08. The topological polar surface area (TPSA) is 83.9 Å². The minimum absolute atomic E-state index is 0.168. The second-order valence-electron chi connectivity index (χ2n) is 6.59. The first-order valence-electron chi connectivity index (χ1n) is 7.92. The predicted molar refractivity (Wildman–Crippen MR) is 89.1 cm³/mol. The summed E-state index contributed by atoms with van der Waals surface area (Å²) < 4.78 is 16.8. The molecule has 1 unspecified atom stereocenters. The van der Waals surface area contributed by atoms with Crippen molar-refractivity contribution in [1.29, 1.82) is 0 Å². The number of fused-ring (bicyclic) bond motifs is 1. The molecular weight excluding hydrogens is 330 g/mol. The van der Waals surface area contributed by atoms with Crippen LogP contribution in [0.3, 0.4) is 0 Å². The average Bonchev–Trinajstić information content (AvgIpc) is 2.94. The van der Waals surface area contributed by atoms with E-state index in [2.05, 4.69) is 0 Å². The van der Waals surface area contributed by atoms with Gasteiger partial charge in [-0.15, -0.1) is 0 Å². The number of rotatable bonds is 4. The lowest BCUT2D eigenvalue weighted by atomic mass is 9.74. The summed E-state index contributed by atoms with van der Waals surface area (Å²) in [6.45, 7) is 1.42. The Labute approximate surface area is 143 Å². The molecule has 0 saturated carbocycles. The van der Waals surface area contributed by atoms with Crippen LogP contribution in [0.2, 0.25) is 0 Å². The van der Waals surface area contributed by atoms with E-state index >= 15 is 0 Å². The van der Waals surface area contributed by atoms with Crippen molar-refractivity contribution < 1.29 is 23.6 Å². The number of carboxylic acids is 1. The predicted octanol–water partition coefficient (Wildman–Crippen LogP) is 1.13. The fourth-order valence-electron chi connectivity index (χ4n) is 3.67. The number of ether oxygens (including phenoxy) is 1. The van der Waals surface area contributed by atoms with E-state index in [0.29, 0.717) is 37.5 Å². The Morgan fingerprint density at radius 3 is 2.92 bits per heavy atom. The van der Waals surface area contributed by atoms with E-state index in [1.54, 1.807) is 29.4 Å². The Morgan fingerprint density at radius 2 is 2.25 bits per heavy atom. The number of carbonyl (C=O) groups excluding carboxylic acids is 1. The third-order valence-electron chi connectivity index (χ3n) is 4.96. The van der Waals surface area contributed by atoms with Crippen molar-refractivity contribution in [3.05, 3.63) is 35.4 Å². The van der Waals surface area contributed by atoms with Gasteiger partial charge in [-0.2, -0.15) is 0 Å². The van der Waals surface area contributed by atoms with Gasteiger partial charge in [-0.25, -0.2) is 0 Å². The van der Waals surface area contributed by atoms with Gasteiger partial charge in [0.1, 0.15) is 0 Å². The Kier molecular flexibility index (Phi) is 4.73. The molecule has 2 aliphatic rings. The zero-order valence-corrected chi connectivity index (χ0v) is 14.4. The maximum Gasteiger partial charge on any atom is 0.311 e. The summed E-state index contributed by atoms with van der Waals surface area (Å²) >= 11 is 0. The molecule has 0 aliphatic carbocycles. The number of nitrogens with zero attached hydrogens (tertiary/aromatic N) is 1. The molecule has 0 radical (unpaired) electrons. The lowest BCUT2D eigenvalue weighted by molar-refractivity contribution is -0.157. The molecule has 2 fully saturated rings. The van der Waals surface area contributed by atoms with Gasteiger partial charge in [0.2, 0.25) is 0 Å². The van der Waals surface area contributed by atoms with Crippen LogP contribution in [0.15, 0.2) is 24.3 Å². The number of carbonyl (C=O) groups is 2. The van der Waals surface area contributed by atoms with E-state index in [1.807, 2.05) is 6.07 Å². The smallest absolute Gasteiger partial charge is 0.311 e. The number of carboxylic acid groups (broad SMARTS) is 1. The number of likely N-dealkylation sites (tertiary alicyclic amines) is 1. The molecule has 24 heavy (non-hydrogen) atoms. The normalized spacial score (nSPS) is 27.5. The van der Waals surface area contributed by atoms with Crippen LogP contribution in [-0.2, 0) is 26.1 Å². The summed E-state index contributed by atoms with van der Waals surface area (Å²) in [5, 5.41) is 9.69. The monoisotopic (exact) mass is 351 g/mol. The van der Waals surface area contributed by atoms with Gasteiger partial charge < -0.3 is 14.7 Å². The molecule has 0 aromatic heterocycles. The summed E-state index contributed by atoms with van der Waals surface area (Å²) in [5.74, 6) is -0.787. The molecule has 1 amide bonds. The van der Waals surface area contributed by atoms with Crippen LogP contribution >= 0.6 is 0 Å². The second kappa shape index (κ2) is 6.64. The van der Waals surface area contributed by atoms with Crippen molar-refractivity contribution in [2.75, 3.05) is 32.6 Å². The first-order chi connectivity index (χ1) is 11.4. The van der Waals surface area contributed by atoms with Crippen molar-refractivity contribution >= 4 is 22.7 Å². The zero-order chi connectivity index (χ0) is 17.3. The lowest BCUT2D eigenvalue weighted by Crippen LogP contribution is -2.45. The first-order valence-corrected chi connectivity index (χ1v) is 9.64. The molecule has 1 N–H and O–H groups in total. The van der Waals surface area contributed by atoms with Crippen LogP contribution in [-0.4, -0.2) is 58.7 Å². The highest BCUT2D eigenvalue weighted by Crippen LogP contribution is 2.42. The van der Waals surface area contributed by atoms with E-state index in [-0.39, 0.29) is 18.4 Å². The zero-order valence-electron chi connectivity index (χ0n) is 13.6. The van der Waals surface area contributed by atoms with Crippen molar-refractivity contribution in [2.24, 2.45) is 11.3 Å². The maximum absolute atomic E-state index is 12.8. The molecular formula is C17H21NO5S. The van der Waals surface area contributed by atoms with Crippen molar-refractivity contribution in [2.45, 2.75) is 12.2 Å². The molecule has 0 bridgehead atoms. The SMILES string of the molecule is CS(=O)Cc1cccc(C(=O)N2C[C@H]3COCC[C@@]3(C(=O)O)C2)c1. The molecule has 0 spiro atoms. The van der Waals surface area contributed by atoms with Crippen LogP contribution < -0.4 is 0 Å². The van der Waals surface area contributed by atoms with Crippen molar-refractivity contribution in [1.82, 2.24) is 4.90 Å². The van der Waals surface area contributed by atoms with Crippen LogP contribution in [0.25, 0.3) is 0 Å². The Morgan fingerprint density at radius 1 is 1.46 bits per heavy atom. The fraction of sp³-hybridized carbons (Fsp3) is 0.529. The van der Waals surface area contributed by atoms with E-state index < -0.39 is 22.2 Å². The lowest BCUT2D eigenvalue weighted by Gasteiger charge is -2.33. The van der Waals surface area contributed by atoms with Crippen molar-refractivity contribution in [3.8, 4) is 0 Å². The average molecular weight is 351 g/mol. The Hall–Kier alpha value is -1.73. The number of benzene rings is 1. The van der Waals surface area contributed by atoms with Gasteiger partial charge in [0.05, 0.1) is 12.0 Å². The van der Waals surface area contributed by atoms with Gasteiger partial charge in [0.25, 0.3) is 5.91 Å². The van der Waals surface area contributed by atoms with Gasteiger partial charge >= 0.3 is 5.97 Å². The molecule has 1 aromatic carbocycles. The van der Waals surface area contributed by atoms with Gasteiger partial charge in [-0.3, -0.25) is 13.8 Å². The van der Waals surface area contributed by atoms with Crippen LogP contribution in [0.5, 0.6) is 0 Å². The van der Waals surface area contributed by atoms with Crippen LogP contribution in [0.4, 0.5) is 0 Å². The van der Waals surface area contributed by atoms with E-state index in [0.717, 1.165) is 5.56 Å². The minimum atomic E-state index is -0.978. The van der Waals surface area contributed by atoms with Crippen molar-refractivity contribution in [3.63, 3.8) is 0 Å². The molecule has 2 saturated heterocycles. The summed E-state index contributed by atoms with van der Waals surface area (Å²) in [5.41, 5.74) is 0.462. The Bertz CT molecular complexity index is 691. The standard InChI is InChI=1S/C17H21NO5S/c1-24(22)10-12-3-2-4-13(7-12)15(19)18-8-14-9-23-6-5-17(14,11-18)16(20)21/h2-4,7,14H,5-6,8-11H2,1H3,(H,20,21)/t14-,17+,24?/m0/s1. The van der Waals surface area contributed by atoms with Crippen LogP contribution in [0.1, 0.15) is 22.3 Å². The van der Waals surface area contributed by atoms with Gasteiger partial charge in [-0.1, -0.05) is 12.1 Å². The van der Waals surface area contributed by atoms with Gasteiger partial charge in [0.15, 0.2) is 0 Å². The molecule has 7 heteroatoms. The number of hydrogen-bond acceptors (Lipinski definition) is 4. The first kappa shape index (κ1) is 17.1. The molecule has 3 atom stereocenters. The number of amides is 1. The molecule has 3 rings (SSSR count). The maximum atomic E-state index is 12.8.